The van der Waals surface area contributed by atoms with Crippen LogP contribution in [0.1, 0.15) is 34.6 Å². The van der Waals surface area contributed by atoms with Gasteiger partial charge < -0.3 is 18.5 Å². The normalized spacial score (nSPS) is 12.0. The van der Waals surface area contributed by atoms with Gasteiger partial charge in [0.25, 0.3) is 0 Å². The Morgan fingerprint density at radius 1 is 1.27 bits per heavy atom. The molecular weight excluding hydrogens is 385 g/mol. The number of anilines is 1. The molecule has 0 aliphatic rings. The summed E-state index contributed by atoms with van der Waals surface area (Å²) in [5.74, 6) is 0. The second-order valence-electron chi connectivity index (χ2n) is 5.69. The van der Waals surface area contributed by atoms with Gasteiger partial charge in [0, 0.05) is 0 Å². The van der Waals surface area contributed by atoms with Crippen molar-refractivity contribution in [3.63, 3.8) is 0 Å². The predicted octanol–water partition coefficient (Wildman–Crippen LogP) is 2.89. The standard InChI is InChI=1S/C14H26N3O7PS/c1-6-22-14(19)16-12-15-13(18)17(26-12)7-8-21-9-25(20,23-10(2)3)24-11(4)5/h10-11H,6-9H2,1-5H3,(H,15,16,18,19). The summed E-state index contributed by atoms with van der Waals surface area (Å²) in [5, 5.41) is 2.49. The van der Waals surface area contributed by atoms with Crippen LogP contribution in [0.5, 0.6) is 0 Å². The maximum Gasteiger partial charge on any atom is 0.413 e. The van der Waals surface area contributed by atoms with Crippen LogP contribution >= 0.6 is 19.1 Å². The Hall–Kier alpha value is -1.26. The molecule has 150 valence electrons. The average molecular weight is 411 g/mol. The van der Waals surface area contributed by atoms with Gasteiger partial charge in [-0.1, -0.05) is 0 Å². The van der Waals surface area contributed by atoms with E-state index < -0.39 is 19.4 Å². The lowest BCUT2D eigenvalue weighted by atomic mass is 10.5. The molecule has 1 rings (SSSR count). The monoisotopic (exact) mass is 411 g/mol. The lowest BCUT2D eigenvalue weighted by Crippen LogP contribution is -2.19. The molecule has 1 heterocycles. The van der Waals surface area contributed by atoms with Crippen LogP contribution in [0.15, 0.2) is 4.79 Å². The van der Waals surface area contributed by atoms with E-state index >= 15 is 0 Å². The van der Waals surface area contributed by atoms with Crippen LogP contribution in [0.25, 0.3) is 0 Å². The molecule has 0 saturated heterocycles. The number of nitrogens with zero attached hydrogens (tertiary/aromatic N) is 2. The average Bonchev–Trinajstić information content (AvgIpc) is 2.81. The molecule has 0 bridgehead atoms. The highest BCUT2D eigenvalue weighted by atomic mass is 32.1. The third-order valence-electron chi connectivity index (χ3n) is 2.52. The van der Waals surface area contributed by atoms with Crippen molar-refractivity contribution >= 4 is 30.4 Å². The first kappa shape index (κ1) is 22.8. The van der Waals surface area contributed by atoms with Gasteiger partial charge in [0.2, 0.25) is 5.13 Å². The van der Waals surface area contributed by atoms with E-state index in [1.807, 2.05) is 0 Å². The maximum absolute atomic E-state index is 12.6. The summed E-state index contributed by atoms with van der Waals surface area (Å²) in [4.78, 5) is 26.8. The first-order valence-electron chi connectivity index (χ1n) is 8.20. The third-order valence-corrected chi connectivity index (χ3v) is 5.43. The molecule has 0 fully saturated rings. The van der Waals surface area contributed by atoms with Crippen molar-refractivity contribution in [2.45, 2.75) is 53.4 Å². The number of aromatic nitrogens is 2. The second-order valence-corrected chi connectivity index (χ2v) is 8.61. The highest BCUT2D eigenvalue weighted by molar-refractivity contribution is 7.53. The first-order valence-corrected chi connectivity index (χ1v) is 10.7. The van der Waals surface area contributed by atoms with E-state index in [1.54, 1.807) is 34.6 Å². The largest absolute Gasteiger partial charge is 0.450 e. The molecule has 0 atom stereocenters. The summed E-state index contributed by atoms with van der Waals surface area (Å²) in [5.41, 5.74) is -0.523. The van der Waals surface area contributed by atoms with E-state index in [9.17, 15) is 14.2 Å². The van der Waals surface area contributed by atoms with E-state index in [0.29, 0.717) is 0 Å². The van der Waals surface area contributed by atoms with E-state index in [-0.39, 0.29) is 43.4 Å². The van der Waals surface area contributed by atoms with E-state index in [4.69, 9.17) is 18.5 Å². The molecule has 0 radical (unpaired) electrons. The molecule has 0 spiro atoms. The van der Waals surface area contributed by atoms with Crippen LogP contribution in [-0.2, 0) is 29.6 Å². The molecule has 1 aromatic rings. The molecular formula is C14H26N3O7PS. The Kier molecular flexibility index (Phi) is 9.45. The lowest BCUT2D eigenvalue weighted by molar-refractivity contribution is 0.0963. The number of rotatable bonds is 11. The Balaban J connectivity index is 2.54. The summed E-state index contributed by atoms with van der Waals surface area (Å²) >= 11 is 0.962. The number of nitrogens with one attached hydrogen (secondary N) is 1. The molecule has 0 aliphatic heterocycles. The number of carbonyl (C=O) groups excluding carboxylic acids is 1. The van der Waals surface area contributed by atoms with Crippen molar-refractivity contribution in [3.05, 3.63) is 10.5 Å². The number of hydrogen-bond donors (Lipinski definition) is 1. The highest BCUT2D eigenvalue weighted by Crippen LogP contribution is 2.50. The summed E-state index contributed by atoms with van der Waals surface area (Å²) in [6.07, 6.45) is -1.44. The number of ether oxygens (including phenoxy) is 2. The zero-order valence-electron chi connectivity index (χ0n) is 15.6. The van der Waals surface area contributed by atoms with Gasteiger partial charge in [0.15, 0.2) is 0 Å². The summed E-state index contributed by atoms with van der Waals surface area (Å²) in [6, 6.07) is 0. The van der Waals surface area contributed by atoms with Crippen molar-refractivity contribution in [2.75, 3.05) is 24.9 Å². The molecule has 1 amide bonds. The van der Waals surface area contributed by atoms with Crippen molar-refractivity contribution in [2.24, 2.45) is 0 Å². The fourth-order valence-corrected chi connectivity index (χ4v) is 4.36. The van der Waals surface area contributed by atoms with E-state index in [1.165, 1.54) is 3.96 Å². The van der Waals surface area contributed by atoms with Gasteiger partial charge in [-0.25, -0.2) is 13.5 Å². The molecule has 0 aromatic carbocycles. The minimum Gasteiger partial charge on any atom is -0.450 e. The minimum atomic E-state index is -3.38. The van der Waals surface area contributed by atoms with Gasteiger partial charge in [0.05, 0.1) is 32.0 Å². The van der Waals surface area contributed by atoms with Gasteiger partial charge in [-0.05, 0) is 46.2 Å². The fourth-order valence-electron chi connectivity index (χ4n) is 1.80. The van der Waals surface area contributed by atoms with Gasteiger partial charge in [-0.3, -0.25) is 9.88 Å². The second kappa shape index (κ2) is 10.8. The zero-order chi connectivity index (χ0) is 19.7. The number of hydrogen-bond acceptors (Lipinski definition) is 9. The summed E-state index contributed by atoms with van der Waals surface area (Å²) in [7, 11) is -3.38. The Bertz CT molecular complexity index is 660. The molecule has 10 nitrogen and oxygen atoms in total. The Morgan fingerprint density at radius 2 is 1.88 bits per heavy atom. The van der Waals surface area contributed by atoms with Crippen LogP contribution in [0.3, 0.4) is 0 Å². The molecule has 1 N–H and O–H groups in total. The minimum absolute atomic E-state index is 0.105. The highest BCUT2D eigenvalue weighted by Gasteiger charge is 2.28. The topological polar surface area (TPSA) is 118 Å². The molecule has 12 heteroatoms. The molecule has 1 aromatic heterocycles. The number of amides is 1. The third kappa shape index (κ3) is 8.41. The van der Waals surface area contributed by atoms with Crippen molar-refractivity contribution in [1.82, 2.24) is 8.94 Å². The zero-order valence-corrected chi connectivity index (χ0v) is 17.3. The van der Waals surface area contributed by atoms with Crippen LogP contribution in [0.2, 0.25) is 0 Å². The Labute approximate surface area is 156 Å². The Morgan fingerprint density at radius 3 is 2.42 bits per heavy atom. The smallest absolute Gasteiger partial charge is 0.413 e. The molecule has 0 unspecified atom stereocenters. The number of carbonyl (C=O) groups is 1. The quantitative estimate of drug-likeness (QED) is 0.436. The van der Waals surface area contributed by atoms with Gasteiger partial charge in [-0.15, -0.1) is 0 Å². The maximum atomic E-state index is 12.6. The van der Waals surface area contributed by atoms with Crippen LogP contribution < -0.4 is 11.0 Å². The first-order chi connectivity index (χ1) is 12.1. The van der Waals surface area contributed by atoms with Crippen LogP contribution in [0.4, 0.5) is 9.93 Å². The van der Waals surface area contributed by atoms with E-state index in [2.05, 4.69) is 10.3 Å². The molecule has 0 saturated carbocycles. The summed E-state index contributed by atoms with van der Waals surface area (Å²) < 4.78 is 34.7. The van der Waals surface area contributed by atoms with Gasteiger partial charge >= 0.3 is 19.4 Å². The van der Waals surface area contributed by atoms with Crippen molar-refractivity contribution in [3.8, 4) is 0 Å². The summed E-state index contributed by atoms with van der Waals surface area (Å²) in [6.45, 7) is 9.19. The van der Waals surface area contributed by atoms with Gasteiger partial charge in [-0.2, -0.15) is 4.98 Å². The van der Waals surface area contributed by atoms with E-state index in [0.717, 1.165) is 11.5 Å². The predicted molar refractivity (Wildman–Crippen MR) is 97.9 cm³/mol. The van der Waals surface area contributed by atoms with Crippen molar-refractivity contribution in [1.29, 1.82) is 0 Å². The van der Waals surface area contributed by atoms with Crippen LogP contribution in [-0.4, -0.2) is 46.8 Å². The molecule has 0 aliphatic carbocycles. The van der Waals surface area contributed by atoms with Crippen LogP contribution in [0, 0.1) is 0 Å². The SMILES string of the molecule is CCOC(=O)Nc1nc(=O)n(CCOCP(=O)(OC(C)C)OC(C)C)s1. The molecule has 26 heavy (non-hydrogen) atoms. The fraction of sp³-hybridized carbons (Fsp3) is 0.786. The van der Waals surface area contributed by atoms with Gasteiger partial charge in [0.1, 0.15) is 6.35 Å². The lowest BCUT2D eigenvalue weighted by Gasteiger charge is -2.22. The van der Waals surface area contributed by atoms with Crippen molar-refractivity contribution < 1.29 is 27.9 Å².